The van der Waals surface area contributed by atoms with Gasteiger partial charge in [-0.25, -0.2) is 8.42 Å². The van der Waals surface area contributed by atoms with Crippen LogP contribution in [0.5, 0.6) is 17.2 Å². The molecule has 0 saturated carbocycles. The highest BCUT2D eigenvalue weighted by molar-refractivity contribution is 7.92. The quantitative estimate of drug-likeness (QED) is 0.382. The second-order valence-electron chi connectivity index (χ2n) is 7.08. The van der Waals surface area contributed by atoms with Gasteiger partial charge in [0.15, 0.2) is 11.5 Å². The molecule has 0 radical (unpaired) electrons. The zero-order valence-corrected chi connectivity index (χ0v) is 18.6. The van der Waals surface area contributed by atoms with E-state index in [9.17, 15) is 23.3 Å². The Morgan fingerprint density at radius 3 is 2.38 bits per heavy atom. The number of fused-ring (bicyclic) bond motifs is 1. The number of rotatable bonds is 7. The monoisotopic (exact) mass is 485 g/mol. The molecule has 0 aromatic heterocycles. The third-order valence-electron chi connectivity index (χ3n) is 4.87. The van der Waals surface area contributed by atoms with E-state index in [1.165, 1.54) is 43.5 Å². The molecule has 0 unspecified atom stereocenters. The van der Waals surface area contributed by atoms with Crippen LogP contribution in [0.25, 0.3) is 0 Å². The molecular weight excluding hydrogens is 466 g/mol. The van der Waals surface area contributed by atoms with Gasteiger partial charge in [-0.1, -0.05) is 0 Å². The number of nitrogens with one attached hydrogen (secondary N) is 2. The third kappa shape index (κ3) is 4.86. The van der Waals surface area contributed by atoms with Gasteiger partial charge in [0.25, 0.3) is 21.6 Å². The lowest BCUT2D eigenvalue weighted by Gasteiger charge is -2.19. The number of benzene rings is 3. The standard InChI is InChI=1S/C22H19N3O8S/c1-31-19-9-5-16(25(27)28)13-18(19)24-34(29,30)17-6-2-14(3-7-17)22(26)23-15-4-8-20-21(12-15)33-11-10-32-20/h2-9,12-13,24H,10-11H2,1H3,(H,23,26). The van der Waals surface area contributed by atoms with Gasteiger partial charge >= 0.3 is 0 Å². The smallest absolute Gasteiger partial charge is 0.271 e. The minimum Gasteiger partial charge on any atom is -0.495 e. The van der Waals surface area contributed by atoms with Crippen molar-refractivity contribution in [3.05, 3.63) is 76.3 Å². The predicted molar refractivity (Wildman–Crippen MR) is 122 cm³/mol. The molecule has 1 heterocycles. The first-order valence-corrected chi connectivity index (χ1v) is 11.4. The highest BCUT2D eigenvalue weighted by atomic mass is 32.2. The number of non-ortho nitro benzene ring substituents is 1. The average molecular weight is 485 g/mol. The topological polar surface area (TPSA) is 146 Å². The summed E-state index contributed by atoms with van der Waals surface area (Å²) >= 11 is 0. The number of carbonyl (C=O) groups excluding carboxylic acids is 1. The van der Waals surface area contributed by atoms with Crippen molar-refractivity contribution in [1.29, 1.82) is 0 Å². The number of nitro groups is 1. The maximum Gasteiger partial charge on any atom is 0.271 e. The second-order valence-corrected chi connectivity index (χ2v) is 8.77. The highest BCUT2D eigenvalue weighted by Gasteiger charge is 2.20. The second kappa shape index (κ2) is 9.27. The number of hydrogen-bond donors (Lipinski definition) is 2. The lowest BCUT2D eigenvalue weighted by molar-refractivity contribution is -0.384. The molecule has 0 fully saturated rings. The summed E-state index contributed by atoms with van der Waals surface area (Å²) in [5.74, 6) is 0.776. The van der Waals surface area contributed by atoms with Crippen LogP contribution in [-0.4, -0.2) is 39.6 Å². The maximum atomic E-state index is 12.8. The van der Waals surface area contributed by atoms with Gasteiger partial charge in [0.2, 0.25) is 0 Å². The van der Waals surface area contributed by atoms with Crippen molar-refractivity contribution in [1.82, 2.24) is 0 Å². The first kappa shape index (κ1) is 22.9. The van der Waals surface area contributed by atoms with E-state index < -0.39 is 20.9 Å². The molecule has 12 heteroatoms. The molecule has 3 aromatic carbocycles. The van der Waals surface area contributed by atoms with Crippen molar-refractivity contribution >= 4 is 33.0 Å². The number of anilines is 2. The van der Waals surface area contributed by atoms with Gasteiger partial charge in [-0.15, -0.1) is 0 Å². The largest absolute Gasteiger partial charge is 0.495 e. The lowest BCUT2D eigenvalue weighted by Crippen LogP contribution is -2.17. The van der Waals surface area contributed by atoms with E-state index in [2.05, 4.69) is 10.0 Å². The average Bonchev–Trinajstić information content (AvgIpc) is 2.83. The number of ether oxygens (including phenoxy) is 3. The number of nitro benzene ring substituents is 1. The number of carbonyl (C=O) groups is 1. The Bertz CT molecular complexity index is 1360. The lowest BCUT2D eigenvalue weighted by atomic mass is 10.2. The molecule has 2 N–H and O–H groups in total. The number of amides is 1. The number of hydrogen-bond acceptors (Lipinski definition) is 8. The summed E-state index contributed by atoms with van der Waals surface area (Å²) in [7, 11) is -2.80. The van der Waals surface area contributed by atoms with E-state index in [4.69, 9.17) is 14.2 Å². The van der Waals surface area contributed by atoms with Gasteiger partial charge in [0.1, 0.15) is 19.0 Å². The van der Waals surface area contributed by atoms with Gasteiger partial charge < -0.3 is 19.5 Å². The van der Waals surface area contributed by atoms with Crippen LogP contribution in [0, 0.1) is 10.1 Å². The summed E-state index contributed by atoms with van der Waals surface area (Å²) in [6, 6.07) is 13.8. The molecule has 34 heavy (non-hydrogen) atoms. The zero-order valence-electron chi connectivity index (χ0n) is 17.8. The van der Waals surface area contributed by atoms with Crippen LogP contribution in [0.2, 0.25) is 0 Å². The van der Waals surface area contributed by atoms with E-state index in [1.54, 1.807) is 18.2 Å². The Labute approximate surface area is 194 Å². The normalized spacial score (nSPS) is 12.5. The molecule has 0 saturated heterocycles. The molecule has 0 aliphatic carbocycles. The van der Waals surface area contributed by atoms with Crippen molar-refractivity contribution in [2.24, 2.45) is 0 Å². The Balaban J connectivity index is 1.50. The SMILES string of the molecule is COc1ccc([N+](=O)[O-])cc1NS(=O)(=O)c1ccc(C(=O)Nc2ccc3c(c2)OCCO3)cc1. The Morgan fingerprint density at radius 1 is 1.00 bits per heavy atom. The maximum absolute atomic E-state index is 12.8. The molecule has 1 amide bonds. The minimum absolute atomic E-state index is 0.0860. The summed E-state index contributed by atoms with van der Waals surface area (Å²) in [6.45, 7) is 0.868. The van der Waals surface area contributed by atoms with Gasteiger partial charge in [-0.3, -0.25) is 19.6 Å². The van der Waals surface area contributed by atoms with Gasteiger partial charge in [-0.2, -0.15) is 0 Å². The number of sulfonamides is 1. The summed E-state index contributed by atoms with van der Waals surface area (Å²) in [5.41, 5.74) is 0.328. The third-order valence-corrected chi connectivity index (χ3v) is 6.25. The molecule has 1 aliphatic heterocycles. The summed E-state index contributed by atoms with van der Waals surface area (Å²) in [4.78, 5) is 22.8. The molecule has 0 atom stereocenters. The van der Waals surface area contributed by atoms with Gasteiger partial charge in [0, 0.05) is 29.4 Å². The van der Waals surface area contributed by atoms with Crippen molar-refractivity contribution in [3.63, 3.8) is 0 Å². The molecule has 11 nitrogen and oxygen atoms in total. The fourth-order valence-electron chi connectivity index (χ4n) is 3.20. The van der Waals surface area contributed by atoms with Crippen LogP contribution >= 0.6 is 0 Å². The number of methoxy groups -OCH3 is 1. The van der Waals surface area contributed by atoms with Crippen molar-refractivity contribution < 1.29 is 32.3 Å². The highest BCUT2D eigenvalue weighted by Crippen LogP contribution is 2.33. The molecule has 0 spiro atoms. The minimum atomic E-state index is -4.11. The van der Waals surface area contributed by atoms with Crippen LogP contribution in [-0.2, 0) is 10.0 Å². The van der Waals surface area contributed by atoms with E-state index in [0.29, 0.717) is 30.4 Å². The van der Waals surface area contributed by atoms with E-state index in [1.807, 2.05) is 0 Å². The zero-order chi connectivity index (χ0) is 24.3. The molecule has 1 aliphatic rings. The molecule has 0 bridgehead atoms. The Morgan fingerprint density at radius 2 is 1.71 bits per heavy atom. The predicted octanol–water partition coefficient (Wildman–Crippen LogP) is 3.43. The molecular formula is C22H19N3O8S. The summed E-state index contributed by atoms with van der Waals surface area (Å²) in [5, 5.41) is 13.7. The van der Waals surface area contributed by atoms with Gasteiger partial charge in [0.05, 0.1) is 22.6 Å². The van der Waals surface area contributed by atoms with Gasteiger partial charge in [-0.05, 0) is 42.5 Å². The van der Waals surface area contributed by atoms with Crippen molar-refractivity contribution in [2.75, 3.05) is 30.4 Å². The molecule has 3 aromatic rings. The Kier molecular flexibility index (Phi) is 6.23. The molecule has 4 rings (SSSR count). The van der Waals surface area contributed by atoms with E-state index >= 15 is 0 Å². The van der Waals surface area contributed by atoms with Crippen LogP contribution in [0.3, 0.4) is 0 Å². The van der Waals surface area contributed by atoms with E-state index in [-0.39, 0.29) is 27.6 Å². The van der Waals surface area contributed by atoms with Crippen LogP contribution in [0.1, 0.15) is 10.4 Å². The van der Waals surface area contributed by atoms with Crippen molar-refractivity contribution in [3.8, 4) is 17.2 Å². The van der Waals surface area contributed by atoms with Crippen LogP contribution in [0.15, 0.2) is 65.6 Å². The van der Waals surface area contributed by atoms with E-state index in [0.717, 1.165) is 6.07 Å². The molecule has 176 valence electrons. The van der Waals surface area contributed by atoms with Crippen molar-refractivity contribution in [2.45, 2.75) is 4.90 Å². The summed E-state index contributed by atoms with van der Waals surface area (Å²) < 4.78 is 43.9. The number of nitrogens with zero attached hydrogens (tertiary/aromatic N) is 1. The first-order valence-electron chi connectivity index (χ1n) is 9.93. The summed E-state index contributed by atoms with van der Waals surface area (Å²) in [6.07, 6.45) is 0. The van der Waals surface area contributed by atoms with Crippen LogP contribution in [0.4, 0.5) is 17.1 Å². The first-order chi connectivity index (χ1) is 16.3. The Hall–Kier alpha value is -4.32. The van der Waals surface area contributed by atoms with Crippen LogP contribution < -0.4 is 24.2 Å². The fourth-order valence-corrected chi connectivity index (χ4v) is 4.26. The fraction of sp³-hybridized carbons (Fsp3) is 0.136.